The van der Waals surface area contributed by atoms with Crippen LogP contribution in [-0.4, -0.2) is 35.6 Å². The molecule has 2 heterocycles. The monoisotopic (exact) mass is 251 g/mol. The topological polar surface area (TPSA) is 55.6 Å². The molecule has 6 heteroatoms. The van der Waals surface area contributed by atoms with Gasteiger partial charge in [-0.05, 0) is 19.1 Å². The molecule has 0 bridgehead atoms. The SMILES string of the molecule is COCCNC(=O)c1c(C)nc2ccc(F)cn12. The molecule has 0 saturated carbocycles. The number of carbonyl (C=O) groups excluding carboxylic acids is 1. The molecule has 0 aromatic carbocycles. The maximum atomic E-state index is 13.2. The molecule has 0 radical (unpaired) electrons. The fourth-order valence-electron chi connectivity index (χ4n) is 1.76. The minimum absolute atomic E-state index is 0.289. The summed E-state index contributed by atoms with van der Waals surface area (Å²) in [6.07, 6.45) is 1.25. The van der Waals surface area contributed by atoms with Crippen molar-refractivity contribution in [1.82, 2.24) is 14.7 Å². The lowest BCUT2D eigenvalue weighted by Gasteiger charge is -2.05. The quantitative estimate of drug-likeness (QED) is 0.829. The van der Waals surface area contributed by atoms with Crippen molar-refractivity contribution in [3.05, 3.63) is 35.5 Å². The van der Waals surface area contributed by atoms with E-state index >= 15 is 0 Å². The Balaban J connectivity index is 2.34. The van der Waals surface area contributed by atoms with E-state index in [4.69, 9.17) is 4.74 Å². The summed E-state index contributed by atoms with van der Waals surface area (Å²) in [4.78, 5) is 16.2. The fraction of sp³-hybridized carbons (Fsp3) is 0.333. The molecule has 0 saturated heterocycles. The second-order valence-corrected chi connectivity index (χ2v) is 3.87. The van der Waals surface area contributed by atoms with E-state index < -0.39 is 5.82 Å². The molecule has 0 aliphatic carbocycles. The summed E-state index contributed by atoms with van der Waals surface area (Å²) < 4.78 is 19.5. The van der Waals surface area contributed by atoms with Gasteiger partial charge in [0.05, 0.1) is 12.3 Å². The standard InChI is InChI=1S/C12H14FN3O2/c1-8-11(12(17)14-5-6-18-2)16-7-9(13)3-4-10(16)15-8/h3-4,7H,5-6H2,1-2H3,(H,14,17). The number of nitrogens with zero attached hydrogens (tertiary/aromatic N) is 2. The summed E-state index contributed by atoms with van der Waals surface area (Å²) >= 11 is 0. The lowest BCUT2D eigenvalue weighted by Crippen LogP contribution is -2.28. The van der Waals surface area contributed by atoms with Crippen LogP contribution < -0.4 is 5.32 Å². The van der Waals surface area contributed by atoms with Crippen LogP contribution in [0.15, 0.2) is 18.3 Å². The van der Waals surface area contributed by atoms with E-state index in [2.05, 4.69) is 10.3 Å². The molecule has 0 atom stereocenters. The van der Waals surface area contributed by atoms with Crippen LogP contribution in [0.3, 0.4) is 0 Å². The highest BCUT2D eigenvalue weighted by atomic mass is 19.1. The minimum Gasteiger partial charge on any atom is -0.383 e. The normalized spacial score (nSPS) is 10.8. The van der Waals surface area contributed by atoms with Crippen LogP contribution in [0.25, 0.3) is 5.65 Å². The summed E-state index contributed by atoms with van der Waals surface area (Å²) in [6, 6.07) is 2.85. The Labute approximate surface area is 104 Å². The highest BCUT2D eigenvalue weighted by Crippen LogP contribution is 2.12. The molecule has 0 spiro atoms. The molecule has 2 aromatic heterocycles. The Morgan fingerprint density at radius 1 is 1.56 bits per heavy atom. The molecule has 1 N–H and O–H groups in total. The predicted octanol–water partition coefficient (Wildman–Crippen LogP) is 1.16. The van der Waals surface area contributed by atoms with Crippen molar-refractivity contribution in [1.29, 1.82) is 0 Å². The van der Waals surface area contributed by atoms with E-state index in [1.54, 1.807) is 14.0 Å². The average molecular weight is 251 g/mol. The summed E-state index contributed by atoms with van der Waals surface area (Å²) in [7, 11) is 1.56. The second-order valence-electron chi connectivity index (χ2n) is 3.87. The van der Waals surface area contributed by atoms with Crippen molar-refractivity contribution in [3.63, 3.8) is 0 Å². The molecular formula is C12H14FN3O2. The van der Waals surface area contributed by atoms with Crippen LogP contribution >= 0.6 is 0 Å². The highest BCUT2D eigenvalue weighted by Gasteiger charge is 2.16. The van der Waals surface area contributed by atoms with Gasteiger partial charge in [0.25, 0.3) is 5.91 Å². The number of aryl methyl sites for hydroxylation is 1. The first kappa shape index (κ1) is 12.5. The lowest BCUT2D eigenvalue weighted by atomic mass is 10.3. The zero-order valence-corrected chi connectivity index (χ0v) is 10.2. The first-order valence-corrected chi connectivity index (χ1v) is 5.55. The Bertz CT molecular complexity index is 580. The smallest absolute Gasteiger partial charge is 0.270 e. The number of pyridine rings is 1. The molecule has 2 aromatic rings. The zero-order valence-electron chi connectivity index (χ0n) is 10.2. The predicted molar refractivity (Wildman–Crippen MR) is 64.1 cm³/mol. The molecule has 0 unspecified atom stereocenters. The summed E-state index contributed by atoms with van der Waals surface area (Å²) in [5.74, 6) is -0.700. The summed E-state index contributed by atoms with van der Waals surface area (Å²) in [5, 5.41) is 2.69. The largest absolute Gasteiger partial charge is 0.383 e. The van der Waals surface area contributed by atoms with Crippen LogP contribution in [0.4, 0.5) is 4.39 Å². The second kappa shape index (κ2) is 5.14. The van der Waals surface area contributed by atoms with Gasteiger partial charge in [-0.3, -0.25) is 9.20 Å². The third-order valence-corrected chi connectivity index (χ3v) is 2.56. The van der Waals surface area contributed by atoms with Gasteiger partial charge in [-0.15, -0.1) is 0 Å². The number of hydrogen-bond donors (Lipinski definition) is 1. The number of amides is 1. The molecule has 0 fully saturated rings. The van der Waals surface area contributed by atoms with Gasteiger partial charge in [0.15, 0.2) is 0 Å². The number of nitrogens with one attached hydrogen (secondary N) is 1. The van der Waals surface area contributed by atoms with Crippen molar-refractivity contribution in [3.8, 4) is 0 Å². The van der Waals surface area contributed by atoms with Crippen molar-refractivity contribution in [2.24, 2.45) is 0 Å². The molecule has 0 aliphatic rings. The number of ether oxygens (including phenoxy) is 1. The van der Waals surface area contributed by atoms with Gasteiger partial charge >= 0.3 is 0 Å². The molecule has 96 valence electrons. The van der Waals surface area contributed by atoms with Gasteiger partial charge in [-0.2, -0.15) is 0 Å². The van der Waals surface area contributed by atoms with Gasteiger partial charge in [-0.1, -0.05) is 0 Å². The van der Waals surface area contributed by atoms with E-state index in [1.165, 1.54) is 22.7 Å². The van der Waals surface area contributed by atoms with E-state index in [9.17, 15) is 9.18 Å². The number of aromatic nitrogens is 2. The van der Waals surface area contributed by atoms with Crippen LogP contribution in [-0.2, 0) is 4.74 Å². The van der Waals surface area contributed by atoms with Crippen molar-refractivity contribution in [2.45, 2.75) is 6.92 Å². The van der Waals surface area contributed by atoms with Gasteiger partial charge in [0.2, 0.25) is 0 Å². The third-order valence-electron chi connectivity index (χ3n) is 2.56. The molecule has 0 aliphatic heterocycles. The third kappa shape index (κ3) is 2.33. The maximum absolute atomic E-state index is 13.2. The van der Waals surface area contributed by atoms with Gasteiger partial charge in [0, 0.05) is 19.9 Å². The van der Waals surface area contributed by atoms with E-state index in [0.717, 1.165) is 0 Å². The Kier molecular flexibility index (Phi) is 3.57. The molecule has 18 heavy (non-hydrogen) atoms. The van der Waals surface area contributed by atoms with Crippen molar-refractivity contribution >= 4 is 11.6 Å². The Hall–Kier alpha value is -1.95. The first-order chi connectivity index (χ1) is 8.63. The first-order valence-electron chi connectivity index (χ1n) is 5.55. The number of imidazole rings is 1. The molecule has 5 nitrogen and oxygen atoms in total. The van der Waals surface area contributed by atoms with Crippen LogP contribution in [0.2, 0.25) is 0 Å². The molecule has 1 amide bonds. The van der Waals surface area contributed by atoms with E-state index in [1.807, 2.05) is 0 Å². The van der Waals surface area contributed by atoms with Crippen LogP contribution in [0.5, 0.6) is 0 Å². The molecular weight excluding hydrogens is 237 g/mol. The van der Waals surface area contributed by atoms with Gasteiger partial charge in [-0.25, -0.2) is 9.37 Å². The molecule has 2 rings (SSSR count). The van der Waals surface area contributed by atoms with Crippen LogP contribution in [0, 0.1) is 12.7 Å². The van der Waals surface area contributed by atoms with E-state index in [0.29, 0.717) is 30.2 Å². The number of halogens is 1. The Morgan fingerprint density at radius 3 is 3.06 bits per heavy atom. The van der Waals surface area contributed by atoms with Crippen molar-refractivity contribution < 1.29 is 13.9 Å². The fourth-order valence-corrected chi connectivity index (χ4v) is 1.76. The summed E-state index contributed by atoms with van der Waals surface area (Å²) in [6.45, 7) is 2.54. The van der Waals surface area contributed by atoms with E-state index in [-0.39, 0.29) is 5.91 Å². The Morgan fingerprint density at radius 2 is 2.33 bits per heavy atom. The number of fused-ring (bicyclic) bond motifs is 1. The highest BCUT2D eigenvalue weighted by molar-refractivity contribution is 5.94. The number of methoxy groups -OCH3 is 1. The summed E-state index contributed by atoms with van der Waals surface area (Å²) in [5.41, 5.74) is 1.46. The maximum Gasteiger partial charge on any atom is 0.270 e. The van der Waals surface area contributed by atoms with Crippen molar-refractivity contribution in [2.75, 3.05) is 20.3 Å². The number of rotatable bonds is 4. The van der Waals surface area contributed by atoms with Gasteiger partial charge < -0.3 is 10.1 Å². The minimum atomic E-state index is -0.411. The average Bonchev–Trinajstić information content (AvgIpc) is 2.64. The zero-order chi connectivity index (χ0) is 13.1. The number of hydrogen-bond acceptors (Lipinski definition) is 3. The van der Waals surface area contributed by atoms with Gasteiger partial charge in [0.1, 0.15) is 17.2 Å². The number of carbonyl (C=O) groups is 1. The van der Waals surface area contributed by atoms with Crippen LogP contribution in [0.1, 0.15) is 16.2 Å². The lowest BCUT2D eigenvalue weighted by molar-refractivity contribution is 0.0930.